The van der Waals surface area contributed by atoms with Crippen LogP contribution < -0.4 is 4.74 Å². The molecule has 0 unspecified atom stereocenters. The molecule has 2 rings (SSSR count). The number of carboxylic acid groups (broad SMARTS) is 1. The molecule has 0 aliphatic heterocycles. The van der Waals surface area contributed by atoms with E-state index in [4.69, 9.17) is 9.84 Å². The van der Waals surface area contributed by atoms with Crippen LogP contribution in [-0.4, -0.2) is 17.0 Å². The fourth-order valence-corrected chi connectivity index (χ4v) is 1.43. The average molecular weight is 242 g/mol. The summed E-state index contributed by atoms with van der Waals surface area (Å²) in [5.74, 6) is -1.24. The molecule has 4 heteroatoms. The number of para-hydroxylation sites is 1. The molecule has 0 aliphatic carbocycles. The van der Waals surface area contributed by atoms with Crippen LogP contribution in [0, 0.1) is 0 Å². The highest BCUT2D eigenvalue weighted by Crippen LogP contribution is 2.12. The summed E-state index contributed by atoms with van der Waals surface area (Å²) in [7, 11) is 0. The standard InChI is InChI=1S/C14H10O4/c15-13(16)10-5-4-6-11(9-10)14(17)18-12-7-2-1-3-8-12/h1-9H,(H,15,16). The Bertz CT molecular complexity index is 575. The topological polar surface area (TPSA) is 63.6 Å². The summed E-state index contributed by atoms with van der Waals surface area (Å²) in [5, 5.41) is 8.83. The van der Waals surface area contributed by atoms with E-state index < -0.39 is 11.9 Å². The van der Waals surface area contributed by atoms with Gasteiger partial charge in [0.2, 0.25) is 0 Å². The first-order valence-corrected chi connectivity index (χ1v) is 5.27. The maximum Gasteiger partial charge on any atom is 0.343 e. The first kappa shape index (κ1) is 11.9. The second-order valence-electron chi connectivity index (χ2n) is 3.59. The molecular weight excluding hydrogens is 232 g/mol. The van der Waals surface area contributed by atoms with Gasteiger partial charge in [-0.1, -0.05) is 24.3 Å². The van der Waals surface area contributed by atoms with E-state index in [0.29, 0.717) is 5.75 Å². The van der Waals surface area contributed by atoms with Gasteiger partial charge >= 0.3 is 11.9 Å². The highest BCUT2D eigenvalue weighted by Gasteiger charge is 2.11. The largest absolute Gasteiger partial charge is 0.478 e. The second-order valence-corrected chi connectivity index (χ2v) is 3.59. The predicted molar refractivity (Wildman–Crippen MR) is 64.8 cm³/mol. The van der Waals surface area contributed by atoms with Crippen molar-refractivity contribution in [3.8, 4) is 5.75 Å². The van der Waals surface area contributed by atoms with Crippen LogP contribution in [0.2, 0.25) is 0 Å². The molecule has 4 nitrogen and oxygen atoms in total. The first-order valence-electron chi connectivity index (χ1n) is 5.27. The third kappa shape index (κ3) is 2.74. The third-order valence-corrected chi connectivity index (χ3v) is 2.30. The molecule has 0 amide bonds. The highest BCUT2D eigenvalue weighted by molar-refractivity contribution is 5.95. The van der Waals surface area contributed by atoms with Gasteiger partial charge in [0.15, 0.2) is 0 Å². The zero-order chi connectivity index (χ0) is 13.0. The van der Waals surface area contributed by atoms with E-state index in [9.17, 15) is 9.59 Å². The van der Waals surface area contributed by atoms with Gasteiger partial charge in [0.1, 0.15) is 5.75 Å². The Balaban J connectivity index is 2.19. The van der Waals surface area contributed by atoms with E-state index in [1.165, 1.54) is 24.3 Å². The molecule has 0 atom stereocenters. The maximum absolute atomic E-state index is 11.8. The molecule has 0 saturated carbocycles. The van der Waals surface area contributed by atoms with E-state index >= 15 is 0 Å². The summed E-state index contributed by atoms with van der Waals surface area (Å²) in [5.41, 5.74) is 0.260. The van der Waals surface area contributed by atoms with Crippen molar-refractivity contribution in [1.82, 2.24) is 0 Å². The number of carbonyl (C=O) groups excluding carboxylic acids is 1. The zero-order valence-corrected chi connectivity index (χ0v) is 9.37. The summed E-state index contributed by atoms with van der Waals surface area (Å²) in [4.78, 5) is 22.6. The van der Waals surface area contributed by atoms with Crippen LogP contribution in [0.25, 0.3) is 0 Å². The Morgan fingerprint density at radius 2 is 1.56 bits per heavy atom. The summed E-state index contributed by atoms with van der Waals surface area (Å²) in [6, 6.07) is 14.3. The molecular formula is C14H10O4. The van der Waals surface area contributed by atoms with Crippen molar-refractivity contribution in [2.24, 2.45) is 0 Å². The number of ether oxygens (including phenoxy) is 1. The SMILES string of the molecule is O=C(O)c1cccc(C(=O)Oc2ccccc2)c1. The van der Waals surface area contributed by atoms with Crippen LogP contribution in [0.5, 0.6) is 5.75 Å². The smallest absolute Gasteiger partial charge is 0.343 e. The van der Waals surface area contributed by atoms with Crippen LogP contribution in [0.4, 0.5) is 0 Å². The van der Waals surface area contributed by atoms with Crippen molar-refractivity contribution in [2.75, 3.05) is 0 Å². The molecule has 0 spiro atoms. The quantitative estimate of drug-likeness (QED) is 0.663. The van der Waals surface area contributed by atoms with Gasteiger partial charge in [0.25, 0.3) is 0 Å². The summed E-state index contributed by atoms with van der Waals surface area (Å²) in [6.07, 6.45) is 0. The molecule has 0 saturated heterocycles. The lowest BCUT2D eigenvalue weighted by Gasteiger charge is -2.04. The van der Waals surface area contributed by atoms with E-state index in [0.717, 1.165) is 0 Å². The molecule has 0 radical (unpaired) electrons. The van der Waals surface area contributed by atoms with Gasteiger partial charge < -0.3 is 9.84 Å². The molecule has 0 aromatic heterocycles. The molecule has 0 fully saturated rings. The van der Waals surface area contributed by atoms with Crippen LogP contribution in [-0.2, 0) is 0 Å². The first-order chi connectivity index (χ1) is 8.66. The number of esters is 1. The average Bonchev–Trinajstić information content (AvgIpc) is 2.40. The minimum atomic E-state index is -1.08. The summed E-state index contributed by atoms with van der Waals surface area (Å²) >= 11 is 0. The number of carboxylic acids is 1. The van der Waals surface area contributed by atoms with Crippen molar-refractivity contribution in [3.05, 3.63) is 65.7 Å². The molecule has 1 N–H and O–H groups in total. The number of hydrogen-bond donors (Lipinski definition) is 1. The summed E-state index contributed by atoms with van der Waals surface area (Å²) < 4.78 is 5.10. The van der Waals surface area contributed by atoms with Crippen molar-refractivity contribution >= 4 is 11.9 Å². The fraction of sp³-hybridized carbons (Fsp3) is 0. The Hall–Kier alpha value is -2.62. The Kier molecular flexibility index (Phi) is 3.38. The van der Waals surface area contributed by atoms with E-state index in [2.05, 4.69) is 0 Å². The molecule has 0 bridgehead atoms. The van der Waals surface area contributed by atoms with Crippen LogP contribution in [0.15, 0.2) is 54.6 Å². The third-order valence-electron chi connectivity index (χ3n) is 2.30. The van der Waals surface area contributed by atoms with Crippen molar-refractivity contribution in [2.45, 2.75) is 0 Å². The van der Waals surface area contributed by atoms with E-state index in [1.54, 1.807) is 24.3 Å². The van der Waals surface area contributed by atoms with Crippen molar-refractivity contribution in [1.29, 1.82) is 0 Å². The van der Waals surface area contributed by atoms with E-state index in [-0.39, 0.29) is 11.1 Å². The highest BCUT2D eigenvalue weighted by atomic mass is 16.5. The molecule has 2 aromatic rings. The van der Waals surface area contributed by atoms with Gasteiger partial charge in [-0.05, 0) is 30.3 Å². The normalized spacial score (nSPS) is 9.78. The van der Waals surface area contributed by atoms with Crippen LogP contribution >= 0.6 is 0 Å². The predicted octanol–water partition coefficient (Wildman–Crippen LogP) is 2.60. The fourth-order valence-electron chi connectivity index (χ4n) is 1.43. The lowest BCUT2D eigenvalue weighted by Crippen LogP contribution is -2.09. The lowest BCUT2D eigenvalue weighted by atomic mass is 10.1. The molecule has 18 heavy (non-hydrogen) atoms. The second kappa shape index (κ2) is 5.14. The molecule has 2 aromatic carbocycles. The van der Waals surface area contributed by atoms with Gasteiger partial charge in [-0.2, -0.15) is 0 Å². The van der Waals surface area contributed by atoms with Crippen LogP contribution in [0.1, 0.15) is 20.7 Å². The van der Waals surface area contributed by atoms with Crippen molar-refractivity contribution in [3.63, 3.8) is 0 Å². The number of hydrogen-bond acceptors (Lipinski definition) is 3. The van der Waals surface area contributed by atoms with Gasteiger partial charge in [-0.15, -0.1) is 0 Å². The van der Waals surface area contributed by atoms with E-state index in [1.807, 2.05) is 6.07 Å². The minimum absolute atomic E-state index is 0.0533. The molecule has 0 heterocycles. The minimum Gasteiger partial charge on any atom is -0.478 e. The number of carbonyl (C=O) groups is 2. The van der Waals surface area contributed by atoms with Gasteiger partial charge in [0, 0.05) is 0 Å². The number of aromatic carboxylic acids is 1. The monoisotopic (exact) mass is 242 g/mol. The Morgan fingerprint density at radius 1 is 0.889 bits per heavy atom. The van der Waals surface area contributed by atoms with Crippen molar-refractivity contribution < 1.29 is 19.4 Å². The van der Waals surface area contributed by atoms with Gasteiger partial charge in [-0.3, -0.25) is 0 Å². The zero-order valence-electron chi connectivity index (χ0n) is 9.37. The molecule has 0 aliphatic rings. The Labute approximate surface area is 103 Å². The Morgan fingerprint density at radius 3 is 2.22 bits per heavy atom. The maximum atomic E-state index is 11.8. The number of rotatable bonds is 3. The van der Waals surface area contributed by atoms with Gasteiger partial charge in [-0.25, -0.2) is 9.59 Å². The number of benzene rings is 2. The van der Waals surface area contributed by atoms with Crippen LogP contribution in [0.3, 0.4) is 0 Å². The van der Waals surface area contributed by atoms with Gasteiger partial charge in [0.05, 0.1) is 11.1 Å². The lowest BCUT2D eigenvalue weighted by molar-refractivity contribution is 0.0697. The molecule has 90 valence electrons. The summed E-state index contributed by atoms with van der Waals surface area (Å²) in [6.45, 7) is 0.